The summed E-state index contributed by atoms with van der Waals surface area (Å²) in [6.45, 7) is 0.656. The predicted molar refractivity (Wildman–Crippen MR) is 30.9 cm³/mol. The van der Waals surface area contributed by atoms with Crippen molar-refractivity contribution in [2.45, 2.75) is 12.8 Å². The average Bonchev–Trinajstić information content (AvgIpc) is 2.58. The topological polar surface area (TPSA) is 41.8 Å². The van der Waals surface area contributed by atoms with Crippen LogP contribution in [-0.2, 0) is 4.79 Å². The van der Waals surface area contributed by atoms with Gasteiger partial charge >= 0.3 is 0 Å². The zero-order valence-electron chi connectivity index (χ0n) is 5.08. The number of hydrogen-bond acceptors (Lipinski definition) is 2. The van der Waals surface area contributed by atoms with Gasteiger partial charge in [0.25, 0.3) is 5.91 Å². The summed E-state index contributed by atoms with van der Waals surface area (Å²) in [5, 5.41) is 7.15. The van der Waals surface area contributed by atoms with Crippen LogP contribution < -0.4 is 0 Å². The van der Waals surface area contributed by atoms with Crippen LogP contribution in [0.3, 0.4) is 0 Å². The van der Waals surface area contributed by atoms with Crippen LogP contribution in [0.5, 0.6) is 0 Å². The van der Waals surface area contributed by atoms with Gasteiger partial charge in [0.1, 0.15) is 0 Å². The van der Waals surface area contributed by atoms with Gasteiger partial charge in [-0.25, -0.2) is 0 Å². The third kappa shape index (κ3) is 0.763. The molecule has 1 amide bonds. The summed E-state index contributed by atoms with van der Waals surface area (Å²) in [6, 6.07) is 0. The molecule has 1 heterocycles. The second-order valence-corrected chi connectivity index (χ2v) is 2.71. The summed E-state index contributed by atoms with van der Waals surface area (Å²) >= 11 is 0. The standard InChI is InChI=1S/C6H8N2O/c9-6-5(3-7-8-6)4-1-2-4/h4-5H,1-3H2. The third-order valence-corrected chi connectivity index (χ3v) is 1.96. The Kier molecular flexibility index (Phi) is 0.917. The molecule has 0 radical (unpaired) electrons. The SMILES string of the molecule is O=C1N=NCC1C1CC1. The second-order valence-electron chi connectivity index (χ2n) is 2.71. The van der Waals surface area contributed by atoms with E-state index in [-0.39, 0.29) is 11.8 Å². The van der Waals surface area contributed by atoms with Gasteiger partial charge in [-0.3, -0.25) is 4.79 Å². The Morgan fingerprint density at radius 2 is 2.22 bits per heavy atom. The highest BCUT2D eigenvalue weighted by atomic mass is 16.2. The number of nitrogens with zero attached hydrogens (tertiary/aromatic N) is 2. The third-order valence-electron chi connectivity index (χ3n) is 1.96. The molecule has 0 N–H and O–H groups in total. The maximum Gasteiger partial charge on any atom is 0.269 e. The molecule has 0 bridgehead atoms. The summed E-state index contributed by atoms with van der Waals surface area (Å²) in [7, 11) is 0. The molecule has 1 aliphatic heterocycles. The fraction of sp³-hybridized carbons (Fsp3) is 0.833. The van der Waals surface area contributed by atoms with Gasteiger partial charge in [-0.1, -0.05) is 0 Å². The highest BCUT2D eigenvalue weighted by Gasteiger charge is 2.38. The molecular formula is C6H8N2O. The summed E-state index contributed by atoms with van der Waals surface area (Å²) in [5.74, 6) is 0.815. The molecule has 1 unspecified atom stereocenters. The number of rotatable bonds is 1. The van der Waals surface area contributed by atoms with E-state index in [4.69, 9.17) is 0 Å². The lowest BCUT2D eigenvalue weighted by atomic mass is 10.1. The normalized spacial score (nSPS) is 33.8. The van der Waals surface area contributed by atoms with Gasteiger partial charge in [-0.2, -0.15) is 5.11 Å². The molecule has 0 spiro atoms. The van der Waals surface area contributed by atoms with E-state index < -0.39 is 0 Å². The fourth-order valence-electron chi connectivity index (χ4n) is 1.20. The minimum atomic E-state index is 0.0116. The summed E-state index contributed by atoms with van der Waals surface area (Å²) < 4.78 is 0. The molecule has 3 nitrogen and oxygen atoms in total. The first kappa shape index (κ1) is 5.09. The molecule has 1 aliphatic carbocycles. The predicted octanol–water partition coefficient (Wildman–Crippen LogP) is 1.00. The first-order valence-corrected chi connectivity index (χ1v) is 3.29. The van der Waals surface area contributed by atoms with Crippen molar-refractivity contribution in [2.24, 2.45) is 22.1 Å². The molecule has 2 rings (SSSR count). The number of azo groups is 1. The molecule has 0 aromatic heterocycles. The molecule has 2 aliphatic rings. The van der Waals surface area contributed by atoms with Gasteiger partial charge in [0.2, 0.25) is 0 Å². The van der Waals surface area contributed by atoms with Crippen molar-refractivity contribution in [3.05, 3.63) is 0 Å². The van der Waals surface area contributed by atoms with E-state index in [0.717, 1.165) is 0 Å². The van der Waals surface area contributed by atoms with E-state index in [1.54, 1.807) is 0 Å². The Labute approximate surface area is 53.2 Å². The van der Waals surface area contributed by atoms with Gasteiger partial charge in [-0.15, -0.1) is 5.11 Å². The molecular weight excluding hydrogens is 116 g/mol. The largest absolute Gasteiger partial charge is 0.270 e. The van der Waals surface area contributed by atoms with Crippen molar-refractivity contribution in [3.63, 3.8) is 0 Å². The van der Waals surface area contributed by atoms with Crippen LogP contribution in [0, 0.1) is 11.8 Å². The lowest BCUT2D eigenvalue weighted by molar-refractivity contribution is -0.120. The molecule has 1 atom stereocenters. The van der Waals surface area contributed by atoms with Gasteiger partial charge in [0.15, 0.2) is 0 Å². The molecule has 0 aromatic rings. The summed E-state index contributed by atoms with van der Waals surface area (Å²) in [5.41, 5.74) is 0. The lowest BCUT2D eigenvalue weighted by Crippen LogP contribution is -2.11. The Bertz CT molecular complexity index is 172. The van der Waals surface area contributed by atoms with Crippen LogP contribution in [0.15, 0.2) is 10.2 Å². The van der Waals surface area contributed by atoms with E-state index in [0.29, 0.717) is 12.5 Å². The molecule has 1 saturated carbocycles. The summed E-state index contributed by atoms with van der Waals surface area (Å²) in [6.07, 6.45) is 2.42. The van der Waals surface area contributed by atoms with Crippen LogP contribution in [0.1, 0.15) is 12.8 Å². The highest BCUT2D eigenvalue weighted by molar-refractivity contribution is 5.81. The molecule has 9 heavy (non-hydrogen) atoms. The smallest absolute Gasteiger partial charge is 0.269 e. The first-order valence-electron chi connectivity index (χ1n) is 3.29. The maximum atomic E-state index is 10.8. The van der Waals surface area contributed by atoms with E-state index in [1.165, 1.54) is 12.8 Å². The van der Waals surface area contributed by atoms with Crippen molar-refractivity contribution in [1.29, 1.82) is 0 Å². The van der Waals surface area contributed by atoms with Crippen LogP contribution in [-0.4, -0.2) is 12.5 Å². The molecule has 0 aromatic carbocycles. The van der Waals surface area contributed by atoms with Gasteiger partial charge in [0.05, 0.1) is 12.5 Å². The second kappa shape index (κ2) is 1.62. The number of amides is 1. The Hall–Kier alpha value is -0.730. The lowest BCUT2D eigenvalue weighted by Gasteiger charge is -1.97. The Morgan fingerprint density at radius 3 is 2.67 bits per heavy atom. The van der Waals surface area contributed by atoms with E-state index in [2.05, 4.69) is 10.2 Å². The first-order chi connectivity index (χ1) is 4.38. The Balaban J connectivity index is 2.06. The number of carbonyl (C=O) groups excluding carboxylic acids is 1. The van der Waals surface area contributed by atoms with Gasteiger partial charge in [0, 0.05) is 0 Å². The number of hydrogen-bond donors (Lipinski definition) is 0. The van der Waals surface area contributed by atoms with Crippen LogP contribution >= 0.6 is 0 Å². The highest BCUT2D eigenvalue weighted by Crippen LogP contribution is 2.39. The van der Waals surface area contributed by atoms with Crippen molar-refractivity contribution >= 4 is 5.91 Å². The Morgan fingerprint density at radius 1 is 1.44 bits per heavy atom. The quantitative estimate of drug-likeness (QED) is 0.514. The average molecular weight is 124 g/mol. The molecule has 1 fully saturated rings. The van der Waals surface area contributed by atoms with Crippen molar-refractivity contribution in [2.75, 3.05) is 6.54 Å². The van der Waals surface area contributed by atoms with E-state index >= 15 is 0 Å². The molecule has 48 valence electrons. The zero-order chi connectivity index (χ0) is 6.27. The monoisotopic (exact) mass is 124 g/mol. The summed E-state index contributed by atoms with van der Waals surface area (Å²) in [4.78, 5) is 10.8. The van der Waals surface area contributed by atoms with Crippen molar-refractivity contribution in [3.8, 4) is 0 Å². The van der Waals surface area contributed by atoms with Crippen LogP contribution in [0.25, 0.3) is 0 Å². The van der Waals surface area contributed by atoms with Gasteiger partial charge < -0.3 is 0 Å². The fourth-order valence-corrected chi connectivity index (χ4v) is 1.20. The minimum absolute atomic E-state index is 0.0116. The minimum Gasteiger partial charge on any atom is -0.270 e. The molecule has 0 saturated heterocycles. The van der Waals surface area contributed by atoms with Crippen molar-refractivity contribution < 1.29 is 4.79 Å². The van der Waals surface area contributed by atoms with Crippen LogP contribution in [0.2, 0.25) is 0 Å². The van der Waals surface area contributed by atoms with E-state index in [9.17, 15) is 4.79 Å². The van der Waals surface area contributed by atoms with Gasteiger partial charge in [-0.05, 0) is 18.8 Å². The van der Waals surface area contributed by atoms with Crippen LogP contribution in [0.4, 0.5) is 0 Å². The molecule has 3 heteroatoms. The van der Waals surface area contributed by atoms with E-state index in [1.807, 2.05) is 0 Å². The maximum absolute atomic E-state index is 10.8. The van der Waals surface area contributed by atoms with Crippen molar-refractivity contribution in [1.82, 2.24) is 0 Å². The zero-order valence-corrected chi connectivity index (χ0v) is 5.08. The number of carbonyl (C=O) groups is 1.